The molecule has 0 spiro atoms. The molecule has 0 N–H and O–H groups in total. The fourth-order valence-electron chi connectivity index (χ4n) is 2.17. The van der Waals surface area contributed by atoms with E-state index >= 15 is 0 Å². The molecule has 0 bridgehead atoms. The largest absolute Gasteiger partial charge is 0.320 e. The molecule has 3 aromatic rings. The molecule has 2 aromatic heterocycles. The van der Waals surface area contributed by atoms with E-state index in [2.05, 4.69) is 10.1 Å². The van der Waals surface area contributed by atoms with Crippen LogP contribution in [0.25, 0.3) is 11.0 Å². The quantitative estimate of drug-likeness (QED) is 0.696. The molecule has 2 heterocycles. The first kappa shape index (κ1) is 12.5. The molecule has 0 aliphatic rings. The molecule has 3 rings (SSSR count). The summed E-state index contributed by atoms with van der Waals surface area (Å²) in [6, 6.07) is 7.66. The number of aromatic nitrogens is 4. The van der Waals surface area contributed by atoms with Crippen molar-refractivity contribution in [3.8, 4) is 0 Å². The van der Waals surface area contributed by atoms with Gasteiger partial charge in [0.2, 0.25) is 0 Å². The number of benzene rings is 1. The molecule has 0 unspecified atom stereocenters. The number of hydrogen-bond acceptors (Lipinski definition) is 2. The number of fused-ring (bicyclic) bond motifs is 1. The molecule has 0 radical (unpaired) electrons. The molecule has 4 nitrogen and oxygen atoms in total. The summed E-state index contributed by atoms with van der Waals surface area (Å²) in [6.45, 7) is 0.614. The third-order valence-corrected chi connectivity index (χ3v) is 3.55. The summed E-state index contributed by atoms with van der Waals surface area (Å²) in [5, 5.41) is 5.06. The molecule has 0 fully saturated rings. The fourth-order valence-corrected chi connectivity index (χ4v) is 2.65. The second-order valence-electron chi connectivity index (χ2n) is 4.34. The minimum absolute atomic E-state index is 0.345. The molecular weight excluding hydrogens is 283 g/mol. The summed E-state index contributed by atoms with van der Waals surface area (Å²) >= 11 is 12.2. The molecule has 1 aromatic carbocycles. The summed E-state index contributed by atoms with van der Waals surface area (Å²) in [5.74, 6) is 1.15. The number of hydrogen-bond donors (Lipinski definition) is 0. The van der Waals surface area contributed by atoms with Gasteiger partial charge in [0, 0.05) is 13.2 Å². The molecule has 6 heteroatoms. The fraction of sp³-hybridized carbons (Fsp3) is 0.231. The first-order valence-corrected chi connectivity index (χ1v) is 6.78. The summed E-state index contributed by atoms with van der Waals surface area (Å²) in [4.78, 5) is 4.51. The Morgan fingerprint density at radius 3 is 2.79 bits per heavy atom. The van der Waals surface area contributed by atoms with E-state index in [0.29, 0.717) is 17.4 Å². The van der Waals surface area contributed by atoms with Crippen LogP contribution in [-0.4, -0.2) is 19.3 Å². The predicted octanol–water partition coefficient (Wildman–Crippen LogP) is 3.21. The standard InChI is InChI=1S/C13H12Cl2N4/c1-18-6-5-9(17-18)8-19-12(7-14)16-11-4-2-3-10(15)13(11)19/h2-6H,7-8H2,1H3. The molecular formula is C13H12Cl2N4. The lowest BCUT2D eigenvalue weighted by atomic mass is 10.3. The molecule has 0 aliphatic heterocycles. The van der Waals surface area contributed by atoms with Crippen molar-refractivity contribution >= 4 is 34.2 Å². The maximum atomic E-state index is 6.27. The Kier molecular flexibility index (Phi) is 3.21. The Hall–Kier alpha value is -1.52. The van der Waals surface area contributed by atoms with Crippen molar-refractivity contribution in [1.82, 2.24) is 19.3 Å². The highest BCUT2D eigenvalue weighted by atomic mass is 35.5. The maximum Gasteiger partial charge on any atom is 0.125 e. The number of imidazole rings is 1. The second kappa shape index (κ2) is 4.87. The molecule has 98 valence electrons. The zero-order valence-electron chi connectivity index (χ0n) is 10.3. The van der Waals surface area contributed by atoms with Gasteiger partial charge in [-0.15, -0.1) is 11.6 Å². The van der Waals surface area contributed by atoms with Crippen LogP contribution in [0.15, 0.2) is 30.5 Å². The van der Waals surface area contributed by atoms with Crippen LogP contribution in [0.1, 0.15) is 11.5 Å². The number of aryl methyl sites for hydroxylation is 1. The van der Waals surface area contributed by atoms with E-state index in [4.69, 9.17) is 23.2 Å². The molecule has 19 heavy (non-hydrogen) atoms. The molecule has 0 aliphatic carbocycles. The minimum atomic E-state index is 0.345. The normalized spacial score (nSPS) is 11.3. The van der Waals surface area contributed by atoms with Gasteiger partial charge >= 0.3 is 0 Å². The van der Waals surface area contributed by atoms with Gasteiger partial charge in [0.1, 0.15) is 5.82 Å². The first-order valence-electron chi connectivity index (χ1n) is 5.87. The van der Waals surface area contributed by atoms with Gasteiger partial charge in [-0.25, -0.2) is 4.98 Å². The van der Waals surface area contributed by atoms with E-state index in [9.17, 15) is 0 Å². The van der Waals surface area contributed by atoms with Crippen LogP contribution in [0.4, 0.5) is 0 Å². The molecule has 0 atom stereocenters. The summed E-state index contributed by atoms with van der Waals surface area (Å²) in [6.07, 6.45) is 1.91. The second-order valence-corrected chi connectivity index (χ2v) is 5.01. The van der Waals surface area contributed by atoms with Crippen LogP contribution in [0.5, 0.6) is 0 Å². The van der Waals surface area contributed by atoms with Crippen molar-refractivity contribution in [2.45, 2.75) is 12.4 Å². The summed E-state index contributed by atoms with van der Waals surface area (Å²) in [7, 11) is 1.89. The first-order chi connectivity index (χ1) is 9.19. The van der Waals surface area contributed by atoms with Crippen molar-refractivity contribution in [1.29, 1.82) is 0 Å². The minimum Gasteiger partial charge on any atom is -0.320 e. The van der Waals surface area contributed by atoms with E-state index in [1.807, 2.05) is 42.1 Å². The van der Waals surface area contributed by atoms with E-state index in [-0.39, 0.29) is 0 Å². The van der Waals surface area contributed by atoms with Crippen molar-refractivity contribution in [2.24, 2.45) is 7.05 Å². The van der Waals surface area contributed by atoms with Crippen LogP contribution >= 0.6 is 23.2 Å². The zero-order chi connectivity index (χ0) is 13.4. The SMILES string of the molecule is Cn1ccc(Cn2c(CCl)nc3cccc(Cl)c32)n1. The Morgan fingerprint density at radius 2 is 2.11 bits per heavy atom. The smallest absolute Gasteiger partial charge is 0.125 e. The van der Waals surface area contributed by atoms with Gasteiger partial charge in [0.05, 0.1) is 34.2 Å². The average Bonchev–Trinajstić information content (AvgIpc) is 2.95. The summed E-state index contributed by atoms with van der Waals surface area (Å²) in [5.41, 5.74) is 2.72. The lowest BCUT2D eigenvalue weighted by Gasteiger charge is -2.06. The predicted molar refractivity (Wildman–Crippen MR) is 76.6 cm³/mol. The third kappa shape index (κ3) is 2.22. The Labute approximate surface area is 120 Å². The van der Waals surface area contributed by atoms with Crippen LogP contribution in [0, 0.1) is 0 Å². The highest BCUT2D eigenvalue weighted by molar-refractivity contribution is 6.35. The van der Waals surface area contributed by atoms with Gasteiger partial charge < -0.3 is 4.57 Å². The zero-order valence-corrected chi connectivity index (χ0v) is 11.9. The maximum absolute atomic E-state index is 6.27. The number of rotatable bonds is 3. The highest BCUT2D eigenvalue weighted by Crippen LogP contribution is 2.26. The van der Waals surface area contributed by atoms with Gasteiger partial charge in [0.15, 0.2) is 0 Å². The lowest BCUT2D eigenvalue weighted by molar-refractivity contribution is 0.702. The van der Waals surface area contributed by atoms with Crippen molar-refractivity contribution in [3.63, 3.8) is 0 Å². The van der Waals surface area contributed by atoms with Crippen molar-refractivity contribution in [3.05, 3.63) is 47.0 Å². The van der Waals surface area contributed by atoms with Crippen LogP contribution in [-0.2, 0) is 19.5 Å². The Balaban J connectivity index is 2.15. The molecule has 0 saturated heterocycles. The Bertz CT molecular complexity index is 729. The van der Waals surface area contributed by atoms with Gasteiger partial charge in [-0.1, -0.05) is 17.7 Å². The number of alkyl halides is 1. The number of halogens is 2. The Morgan fingerprint density at radius 1 is 1.26 bits per heavy atom. The average molecular weight is 295 g/mol. The van der Waals surface area contributed by atoms with Gasteiger partial charge in [0.25, 0.3) is 0 Å². The van der Waals surface area contributed by atoms with Gasteiger partial charge in [-0.2, -0.15) is 5.10 Å². The highest BCUT2D eigenvalue weighted by Gasteiger charge is 2.13. The van der Waals surface area contributed by atoms with E-state index < -0.39 is 0 Å². The topological polar surface area (TPSA) is 35.6 Å². The number of para-hydroxylation sites is 1. The third-order valence-electron chi connectivity index (χ3n) is 3.00. The lowest BCUT2D eigenvalue weighted by Crippen LogP contribution is -2.05. The van der Waals surface area contributed by atoms with Gasteiger partial charge in [-0.05, 0) is 18.2 Å². The molecule has 0 amide bonds. The monoisotopic (exact) mass is 294 g/mol. The van der Waals surface area contributed by atoms with Crippen molar-refractivity contribution in [2.75, 3.05) is 0 Å². The van der Waals surface area contributed by atoms with Crippen LogP contribution in [0.3, 0.4) is 0 Å². The molecule has 0 saturated carbocycles. The van der Waals surface area contributed by atoms with Crippen molar-refractivity contribution < 1.29 is 0 Å². The van der Waals surface area contributed by atoms with Gasteiger partial charge in [-0.3, -0.25) is 4.68 Å². The number of nitrogens with zero attached hydrogens (tertiary/aromatic N) is 4. The van der Waals surface area contributed by atoms with E-state index in [1.165, 1.54) is 0 Å². The van der Waals surface area contributed by atoms with Crippen LogP contribution in [0.2, 0.25) is 5.02 Å². The van der Waals surface area contributed by atoms with Crippen LogP contribution < -0.4 is 0 Å². The van der Waals surface area contributed by atoms with E-state index in [1.54, 1.807) is 4.68 Å². The van der Waals surface area contributed by atoms with E-state index in [0.717, 1.165) is 22.6 Å². The summed E-state index contributed by atoms with van der Waals surface area (Å²) < 4.78 is 3.80.